The van der Waals surface area contributed by atoms with E-state index in [1.165, 1.54) is 13.2 Å². The summed E-state index contributed by atoms with van der Waals surface area (Å²) in [6, 6.07) is 10.8. The number of rotatable bonds is 12. The standard InChI is InChI=1S/C21H21Cl4NO4/c1-27-26-14-15-4-6-16(7-5-15)28-9-2-3-10-30-21-18(22)12-17(13-19(21)23)29-11-8-20(24)25/h4-8,12-14H,2-3,9-11H2,1H3. The molecule has 0 amide bonds. The van der Waals surface area contributed by atoms with E-state index in [-0.39, 0.29) is 11.1 Å². The van der Waals surface area contributed by atoms with Crippen LogP contribution in [0.15, 0.2) is 52.1 Å². The van der Waals surface area contributed by atoms with Gasteiger partial charge in [-0.1, -0.05) is 51.6 Å². The zero-order valence-corrected chi connectivity index (χ0v) is 19.3. The van der Waals surface area contributed by atoms with Crippen molar-refractivity contribution in [2.75, 3.05) is 26.9 Å². The molecule has 30 heavy (non-hydrogen) atoms. The van der Waals surface area contributed by atoms with Gasteiger partial charge in [0.2, 0.25) is 0 Å². The highest BCUT2D eigenvalue weighted by atomic mass is 35.5. The highest BCUT2D eigenvalue weighted by molar-refractivity contribution is 6.55. The monoisotopic (exact) mass is 491 g/mol. The molecule has 0 bridgehead atoms. The molecular formula is C21H21Cl4NO4. The summed E-state index contributed by atoms with van der Waals surface area (Å²) in [5.41, 5.74) is 0.932. The molecule has 0 aliphatic rings. The van der Waals surface area contributed by atoms with Gasteiger partial charge in [-0.2, -0.15) is 0 Å². The summed E-state index contributed by atoms with van der Waals surface area (Å²) >= 11 is 23.6. The molecule has 0 N–H and O–H groups in total. The number of benzene rings is 2. The van der Waals surface area contributed by atoms with E-state index in [0.717, 1.165) is 24.2 Å². The molecule has 0 saturated heterocycles. The average molecular weight is 493 g/mol. The molecule has 5 nitrogen and oxygen atoms in total. The molecule has 0 fully saturated rings. The fraction of sp³-hybridized carbons (Fsp3) is 0.286. The van der Waals surface area contributed by atoms with Crippen LogP contribution in [-0.4, -0.2) is 33.1 Å². The predicted octanol–water partition coefficient (Wildman–Crippen LogP) is 6.91. The van der Waals surface area contributed by atoms with Gasteiger partial charge in [0, 0.05) is 12.1 Å². The van der Waals surface area contributed by atoms with Crippen molar-refractivity contribution in [2.24, 2.45) is 5.16 Å². The zero-order valence-electron chi connectivity index (χ0n) is 16.2. The maximum absolute atomic E-state index is 6.24. The maximum atomic E-state index is 6.24. The van der Waals surface area contributed by atoms with Crippen molar-refractivity contribution in [2.45, 2.75) is 12.8 Å². The molecule has 0 atom stereocenters. The first-order chi connectivity index (χ1) is 14.5. The molecule has 0 saturated carbocycles. The Morgan fingerprint density at radius 1 is 0.900 bits per heavy atom. The van der Waals surface area contributed by atoms with Gasteiger partial charge in [0.25, 0.3) is 0 Å². The van der Waals surface area contributed by atoms with Crippen molar-refractivity contribution in [3.8, 4) is 17.2 Å². The fourth-order valence-electron chi connectivity index (χ4n) is 2.29. The lowest BCUT2D eigenvalue weighted by Gasteiger charge is -2.12. The number of nitrogens with zero attached hydrogens (tertiary/aromatic N) is 1. The van der Waals surface area contributed by atoms with Crippen LogP contribution in [0.2, 0.25) is 10.0 Å². The van der Waals surface area contributed by atoms with Gasteiger partial charge in [-0.3, -0.25) is 0 Å². The van der Waals surface area contributed by atoms with Gasteiger partial charge in [0.1, 0.15) is 29.7 Å². The lowest BCUT2D eigenvalue weighted by atomic mass is 10.2. The zero-order chi connectivity index (χ0) is 21.8. The lowest BCUT2D eigenvalue weighted by Crippen LogP contribution is -2.03. The summed E-state index contributed by atoms with van der Waals surface area (Å²) in [5, 5.41) is 4.45. The van der Waals surface area contributed by atoms with Crippen molar-refractivity contribution in [1.82, 2.24) is 0 Å². The summed E-state index contributed by atoms with van der Waals surface area (Å²) in [6.07, 6.45) is 4.74. The summed E-state index contributed by atoms with van der Waals surface area (Å²) in [7, 11) is 1.50. The topological polar surface area (TPSA) is 49.3 Å². The second-order valence-electron chi connectivity index (χ2n) is 5.91. The molecular weight excluding hydrogens is 472 g/mol. The normalized spacial score (nSPS) is 10.7. The number of hydrogen-bond donors (Lipinski definition) is 0. The molecule has 0 heterocycles. The minimum absolute atomic E-state index is 0.129. The molecule has 0 aliphatic heterocycles. The minimum Gasteiger partial charge on any atom is -0.494 e. The van der Waals surface area contributed by atoms with Crippen LogP contribution in [0.1, 0.15) is 18.4 Å². The average Bonchev–Trinajstić information content (AvgIpc) is 2.71. The van der Waals surface area contributed by atoms with Crippen molar-refractivity contribution in [3.05, 3.63) is 62.6 Å². The molecule has 2 rings (SSSR count). The fourth-order valence-corrected chi connectivity index (χ4v) is 2.99. The molecule has 0 aromatic heterocycles. The van der Waals surface area contributed by atoms with E-state index in [0.29, 0.717) is 34.8 Å². The van der Waals surface area contributed by atoms with E-state index in [9.17, 15) is 0 Å². The molecule has 2 aromatic rings. The first-order valence-electron chi connectivity index (χ1n) is 9.05. The summed E-state index contributed by atoms with van der Waals surface area (Å²) in [5.74, 6) is 1.71. The third kappa shape index (κ3) is 8.92. The van der Waals surface area contributed by atoms with Crippen LogP contribution in [0.4, 0.5) is 0 Å². The van der Waals surface area contributed by atoms with E-state index < -0.39 is 0 Å². The van der Waals surface area contributed by atoms with Crippen LogP contribution in [0, 0.1) is 0 Å². The smallest absolute Gasteiger partial charge is 0.156 e. The summed E-state index contributed by atoms with van der Waals surface area (Å²) < 4.78 is 17.0. The van der Waals surface area contributed by atoms with Crippen molar-refractivity contribution < 1.29 is 19.0 Å². The third-order valence-electron chi connectivity index (χ3n) is 3.70. The molecule has 0 aliphatic carbocycles. The van der Waals surface area contributed by atoms with E-state index in [1.54, 1.807) is 18.3 Å². The summed E-state index contributed by atoms with van der Waals surface area (Å²) in [6.45, 7) is 1.23. The minimum atomic E-state index is 0.129. The van der Waals surface area contributed by atoms with Crippen LogP contribution in [-0.2, 0) is 4.84 Å². The van der Waals surface area contributed by atoms with E-state index in [2.05, 4.69) is 9.99 Å². The van der Waals surface area contributed by atoms with Gasteiger partial charge in [0.05, 0.1) is 29.5 Å². The van der Waals surface area contributed by atoms with Crippen LogP contribution in [0.3, 0.4) is 0 Å². The second-order valence-corrected chi connectivity index (χ2v) is 7.73. The van der Waals surface area contributed by atoms with Crippen LogP contribution in [0.25, 0.3) is 0 Å². The van der Waals surface area contributed by atoms with Crippen molar-refractivity contribution in [1.29, 1.82) is 0 Å². The number of halogens is 4. The molecule has 2 aromatic carbocycles. The van der Waals surface area contributed by atoms with Crippen LogP contribution >= 0.6 is 46.4 Å². The molecule has 0 radical (unpaired) electrons. The Hall–Kier alpha value is -1.79. The van der Waals surface area contributed by atoms with Gasteiger partial charge >= 0.3 is 0 Å². The molecule has 9 heteroatoms. The van der Waals surface area contributed by atoms with Crippen LogP contribution in [0.5, 0.6) is 17.2 Å². The molecule has 0 spiro atoms. The van der Waals surface area contributed by atoms with Gasteiger partial charge in [0.15, 0.2) is 5.75 Å². The maximum Gasteiger partial charge on any atom is 0.156 e. The van der Waals surface area contributed by atoms with Gasteiger partial charge in [-0.25, -0.2) is 0 Å². The number of oxime groups is 1. The Labute approximate surface area is 196 Å². The highest BCUT2D eigenvalue weighted by Gasteiger charge is 2.10. The quantitative estimate of drug-likeness (QED) is 0.183. The second kappa shape index (κ2) is 13.5. The van der Waals surface area contributed by atoms with Crippen molar-refractivity contribution in [3.63, 3.8) is 0 Å². The third-order valence-corrected chi connectivity index (χ3v) is 4.57. The van der Waals surface area contributed by atoms with Gasteiger partial charge in [-0.05, 0) is 48.7 Å². The first kappa shape index (κ1) is 24.5. The number of ether oxygens (including phenoxy) is 3. The Morgan fingerprint density at radius 3 is 2.13 bits per heavy atom. The Bertz CT molecular complexity index is 830. The van der Waals surface area contributed by atoms with Gasteiger partial charge in [-0.15, -0.1) is 0 Å². The number of unbranched alkanes of at least 4 members (excludes halogenated alkanes) is 1. The van der Waals surface area contributed by atoms with Crippen LogP contribution < -0.4 is 14.2 Å². The predicted molar refractivity (Wildman–Crippen MR) is 123 cm³/mol. The lowest BCUT2D eigenvalue weighted by molar-refractivity contribution is 0.215. The Balaban J connectivity index is 1.71. The van der Waals surface area contributed by atoms with Crippen molar-refractivity contribution >= 4 is 52.6 Å². The Kier molecular flexibility index (Phi) is 11.0. The molecule has 0 unspecified atom stereocenters. The molecule has 162 valence electrons. The first-order valence-corrected chi connectivity index (χ1v) is 10.6. The SMILES string of the molecule is CON=Cc1ccc(OCCCCOc2c(Cl)cc(OCC=C(Cl)Cl)cc2Cl)cc1. The highest BCUT2D eigenvalue weighted by Crippen LogP contribution is 2.37. The Morgan fingerprint density at radius 2 is 1.53 bits per heavy atom. The van der Waals surface area contributed by atoms with E-state index in [1.807, 2.05) is 24.3 Å². The van der Waals surface area contributed by atoms with Gasteiger partial charge < -0.3 is 19.0 Å². The largest absolute Gasteiger partial charge is 0.494 e. The number of hydrogen-bond acceptors (Lipinski definition) is 5. The summed E-state index contributed by atoms with van der Waals surface area (Å²) in [4.78, 5) is 4.65. The van der Waals surface area contributed by atoms with E-state index >= 15 is 0 Å². The van der Waals surface area contributed by atoms with E-state index in [4.69, 9.17) is 60.6 Å².